The first-order chi connectivity index (χ1) is 5.99. The van der Waals surface area contributed by atoms with Crippen molar-refractivity contribution in [2.75, 3.05) is 19.1 Å². The number of hydrogen-bond donors (Lipinski definition) is 2. The molecule has 0 aromatic carbocycles. The molecule has 2 unspecified atom stereocenters. The molecule has 0 aliphatic rings. The molecule has 0 bridgehead atoms. The Kier molecular flexibility index (Phi) is 6.16. The summed E-state index contributed by atoms with van der Waals surface area (Å²) in [6.07, 6.45) is 2.77. The summed E-state index contributed by atoms with van der Waals surface area (Å²) in [6, 6.07) is 0.906. The van der Waals surface area contributed by atoms with Crippen molar-refractivity contribution < 1.29 is 0 Å². The number of rotatable bonds is 6. The Bertz CT molecular complexity index is 161. The molecule has 0 aromatic heterocycles. The van der Waals surface area contributed by atoms with Crippen LogP contribution in [-0.2, 0) is 0 Å². The van der Waals surface area contributed by atoms with E-state index in [9.17, 15) is 0 Å². The molecule has 3 N–H and O–H groups in total. The van der Waals surface area contributed by atoms with Gasteiger partial charge in [0.05, 0.1) is 5.84 Å². The largest absolute Gasteiger partial charge is 0.388 e. The summed E-state index contributed by atoms with van der Waals surface area (Å²) >= 11 is 1.85. The van der Waals surface area contributed by atoms with Gasteiger partial charge in [0.15, 0.2) is 0 Å². The Labute approximate surface area is 85.6 Å². The number of nitrogens with two attached hydrogens (primary N) is 1. The van der Waals surface area contributed by atoms with Crippen molar-refractivity contribution in [2.45, 2.75) is 32.4 Å². The van der Waals surface area contributed by atoms with Crippen LogP contribution in [0.4, 0.5) is 0 Å². The normalized spacial score (nSPS) is 15.8. The third kappa shape index (κ3) is 5.16. The van der Waals surface area contributed by atoms with Crippen LogP contribution in [0.25, 0.3) is 0 Å². The lowest BCUT2D eigenvalue weighted by Crippen LogP contribution is -2.40. The summed E-state index contributed by atoms with van der Waals surface area (Å²) in [6.45, 7) is 4.31. The minimum absolute atomic E-state index is 0.274. The Morgan fingerprint density at radius 2 is 2.00 bits per heavy atom. The van der Waals surface area contributed by atoms with Gasteiger partial charge in [-0.25, -0.2) is 0 Å². The SMILES string of the molecule is CSCC(C)N(C)C(C)CC(=N)N. The maximum atomic E-state index is 7.21. The standard InChI is InChI=1S/C9H21N3S/c1-7(5-9(10)11)12(3)8(2)6-13-4/h7-8H,5-6H2,1-4H3,(H3,10,11). The fourth-order valence-corrected chi connectivity index (χ4v) is 1.97. The molecule has 0 amide bonds. The van der Waals surface area contributed by atoms with Crippen molar-refractivity contribution in [3.05, 3.63) is 0 Å². The van der Waals surface area contributed by atoms with E-state index in [1.165, 1.54) is 0 Å². The van der Waals surface area contributed by atoms with E-state index in [0.717, 1.165) is 5.75 Å². The smallest absolute Gasteiger partial charge is 0.0920 e. The lowest BCUT2D eigenvalue weighted by molar-refractivity contribution is 0.215. The van der Waals surface area contributed by atoms with Crippen LogP contribution in [0.2, 0.25) is 0 Å². The quantitative estimate of drug-likeness (QED) is 0.506. The van der Waals surface area contributed by atoms with Crippen molar-refractivity contribution in [3.8, 4) is 0 Å². The van der Waals surface area contributed by atoms with Gasteiger partial charge in [-0.05, 0) is 27.2 Å². The van der Waals surface area contributed by atoms with Gasteiger partial charge in [-0.3, -0.25) is 10.3 Å². The number of nitrogens with one attached hydrogen (secondary N) is 1. The minimum Gasteiger partial charge on any atom is -0.388 e. The second-order valence-corrected chi connectivity index (χ2v) is 4.46. The maximum Gasteiger partial charge on any atom is 0.0920 e. The molecular formula is C9H21N3S. The van der Waals surface area contributed by atoms with E-state index in [-0.39, 0.29) is 5.84 Å². The van der Waals surface area contributed by atoms with Crippen LogP contribution in [0, 0.1) is 5.41 Å². The Hall–Kier alpha value is -0.220. The molecule has 0 aliphatic carbocycles. The highest BCUT2D eigenvalue weighted by Crippen LogP contribution is 2.09. The first-order valence-corrected chi connectivity index (χ1v) is 5.92. The van der Waals surface area contributed by atoms with Crippen LogP contribution in [0.5, 0.6) is 0 Å². The fourth-order valence-electron chi connectivity index (χ4n) is 1.26. The zero-order valence-corrected chi connectivity index (χ0v) is 9.82. The number of hydrogen-bond acceptors (Lipinski definition) is 3. The van der Waals surface area contributed by atoms with Crippen LogP contribution in [0.1, 0.15) is 20.3 Å². The van der Waals surface area contributed by atoms with Gasteiger partial charge in [0, 0.05) is 24.3 Å². The van der Waals surface area contributed by atoms with Gasteiger partial charge in [-0.1, -0.05) is 0 Å². The first-order valence-electron chi connectivity index (χ1n) is 4.52. The molecule has 0 heterocycles. The highest BCUT2D eigenvalue weighted by Gasteiger charge is 2.15. The average molecular weight is 203 g/mol. The summed E-state index contributed by atoms with van der Waals surface area (Å²) in [4.78, 5) is 2.28. The van der Waals surface area contributed by atoms with Gasteiger partial charge in [0.25, 0.3) is 0 Å². The lowest BCUT2D eigenvalue weighted by atomic mass is 10.1. The van der Waals surface area contributed by atoms with Crippen LogP contribution < -0.4 is 5.73 Å². The Morgan fingerprint density at radius 3 is 2.38 bits per heavy atom. The van der Waals surface area contributed by atoms with Gasteiger partial charge in [-0.15, -0.1) is 0 Å². The molecule has 13 heavy (non-hydrogen) atoms. The van der Waals surface area contributed by atoms with Crippen molar-refractivity contribution in [3.63, 3.8) is 0 Å². The predicted molar refractivity (Wildman–Crippen MR) is 61.6 cm³/mol. The first kappa shape index (κ1) is 12.8. The molecule has 0 saturated heterocycles. The summed E-state index contributed by atoms with van der Waals surface area (Å²) in [5.41, 5.74) is 5.36. The molecule has 0 spiro atoms. The van der Waals surface area contributed by atoms with Gasteiger partial charge in [0.1, 0.15) is 0 Å². The van der Waals surface area contributed by atoms with E-state index in [1.807, 2.05) is 11.8 Å². The van der Waals surface area contributed by atoms with Crippen LogP contribution in [0.3, 0.4) is 0 Å². The molecule has 0 rings (SSSR count). The van der Waals surface area contributed by atoms with Gasteiger partial charge in [0.2, 0.25) is 0 Å². The van der Waals surface area contributed by atoms with Crippen LogP contribution in [0.15, 0.2) is 0 Å². The monoisotopic (exact) mass is 203 g/mol. The van der Waals surface area contributed by atoms with Gasteiger partial charge < -0.3 is 5.73 Å². The number of amidine groups is 1. The summed E-state index contributed by atoms with van der Waals surface area (Å²) < 4.78 is 0. The maximum absolute atomic E-state index is 7.21. The molecule has 0 aromatic rings. The second-order valence-electron chi connectivity index (χ2n) is 3.55. The van der Waals surface area contributed by atoms with E-state index < -0.39 is 0 Å². The van der Waals surface area contributed by atoms with Crippen LogP contribution >= 0.6 is 11.8 Å². The summed E-state index contributed by atoms with van der Waals surface area (Å²) in [5.74, 6) is 1.40. The molecule has 3 nitrogen and oxygen atoms in total. The minimum atomic E-state index is 0.274. The van der Waals surface area contributed by atoms with Crippen molar-refractivity contribution in [2.24, 2.45) is 5.73 Å². The second kappa shape index (κ2) is 6.27. The molecule has 0 fully saturated rings. The molecule has 2 atom stereocenters. The third-order valence-electron chi connectivity index (χ3n) is 2.31. The molecule has 78 valence electrons. The third-order valence-corrected chi connectivity index (χ3v) is 3.13. The van der Waals surface area contributed by atoms with E-state index in [1.54, 1.807) is 0 Å². The van der Waals surface area contributed by atoms with E-state index >= 15 is 0 Å². The van der Waals surface area contributed by atoms with Gasteiger partial charge in [-0.2, -0.15) is 11.8 Å². The van der Waals surface area contributed by atoms with Crippen molar-refractivity contribution >= 4 is 17.6 Å². The molecular weight excluding hydrogens is 182 g/mol. The summed E-state index contributed by atoms with van der Waals surface area (Å²) in [5, 5.41) is 7.21. The van der Waals surface area contributed by atoms with Crippen LogP contribution in [-0.4, -0.2) is 41.9 Å². The fraction of sp³-hybridized carbons (Fsp3) is 0.889. The zero-order valence-electron chi connectivity index (χ0n) is 9.00. The molecule has 0 aliphatic heterocycles. The van der Waals surface area contributed by atoms with E-state index in [4.69, 9.17) is 11.1 Å². The lowest BCUT2D eigenvalue weighted by Gasteiger charge is -2.30. The van der Waals surface area contributed by atoms with Crippen molar-refractivity contribution in [1.29, 1.82) is 5.41 Å². The molecule has 0 radical (unpaired) electrons. The predicted octanol–water partition coefficient (Wildman–Crippen LogP) is 1.38. The highest BCUT2D eigenvalue weighted by molar-refractivity contribution is 7.98. The molecule has 0 saturated carbocycles. The molecule has 4 heteroatoms. The van der Waals surface area contributed by atoms with Crippen molar-refractivity contribution in [1.82, 2.24) is 4.90 Å². The Morgan fingerprint density at radius 1 is 1.46 bits per heavy atom. The summed E-state index contributed by atoms with van der Waals surface area (Å²) in [7, 11) is 2.09. The average Bonchev–Trinajstić information content (AvgIpc) is 2.02. The number of nitrogens with zero attached hydrogens (tertiary/aromatic N) is 1. The van der Waals surface area contributed by atoms with E-state index in [2.05, 4.69) is 32.1 Å². The topological polar surface area (TPSA) is 53.1 Å². The van der Waals surface area contributed by atoms with Gasteiger partial charge >= 0.3 is 0 Å². The zero-order chi connectivity index (χ0) is 10.4. The number of thioether (sulfide) groups is 1. The Balaban J connectivity index is 3.92. The van der Waals surface area contributed by atoms with E-state index in [0.29, 0.717) is 18.5 Å². The highest BCUT2D eigenvalue weighted by atomic mass is 32.2.